The molecule has 2 aromatic carbocycles. The van der Waals surface area contributed by atoms with Crippen LogP contribution in [-0.4, -0.2) is 90.3 Å². The van der Waals surface area contributed by atoms with E-state index in [1.165, 1.54) is 21.9 Å². The number of thiophene rings is 2. The van der Waals surface area contributed by atoms with Crippen LogP contribution < -0.4 is 10.6 Å². The number of imidazole rings is 2. The zero-order valence-electron chi connectivity index (χ0n) is 33.9. The number of carbonyl (C=O) groups excluding carboxylic acids is 4. The lowest BCUT2D eigenvalue weighted by Gasteiger charge is -2.30. The normalized spacial score (nSPS) is 18.0. The van der Waals surface area contributed by atoms with E-state index in [2.05, 4.69) is 73.8 Å². The van der Waals surface area contributed by atoms with Gasteiger partial charge in [0.1, 0.15) is 30.3 Å². The van der Waals surface area contributed by atoms with Gasteiger partial charge in [-0.25, -0.2) is 9.97 Å². The molecule has 308 valence electrons. The van der Waals surface area contributed by atoms with E-state index < -0.39 is 24.6 Å². The van der Waals surface area contributed by atoms with Crippen molar-refractivity contribution in [1.29, 1.82) is 0 Å². The molecule has 8 rings (SSSR count). The van der Waals surface area contributed by atoms with Crippen LogP contribution in [0.1, 0.15) is 84.0 Å². The van der Waals surface area contributed by atoms with E-state index >= 15 is 0 Å². The molecule has 13 nitrogen and oxygen atoms in total. The number of benzene rings is 2. The molecular formula is C44H50N8O5S2. The topological polar surface area (TPSA) is 176 Å². The highest BCUT2D eigenvalue weighted by molar-refractivity contribution is 7.27. The van der Waals surface area contributed by atoms with Crippen molar-refractivity contribution in [2.24, 2.45) is 11.8 Å². The molecule has 0 saturated carbocycles. The molecule has 2 aliphatic heterocycles. The summed E-state index contributed by atoms with van der Waals surface area (Å²) < 4.78 is 2.45. The number of aliphatic hydroxyl groups is 1. The molecule has 6 aromatic rings. The SMILES string of the molecule is CC(=O)N[C@H](C(=O)N1CCCC1c1nc2cc(-c3csc4c(-c5ccc(-c6cnc(C7CCCN7C(=O)[C@@H](NC(=O)CO)C(C)C)[nH]6)cc5)csc34)ccc2[nH]1)C(C)C. The molecule has 0 bridgehead atoms. The van der Waals surface area contributed by atoms with Gasteiger partial charge in [0.05, 0.1) is 44.4 Å². The molecule has 4 atom stereocenters. The molecule has 6 heterocycles. The van der Waals surface area contributed by atoms with Gasteiger partial charge in [0, 0.05) is 41.9 Å². The number of likely N-dealkylation sites (tertiary alicyclic amines) is 2. The van der Waals surface area contributed by atoms with E-state index in [4.69, 9.17) is 9.97 Å². The van der Waals surface area contributed by atoms with Crippen molar-refractivity contribution < 1.29 is 24.3 Å². The predicted molar refractivity (Wildman–Crippen MR) is 231 cm³/mol. The maximum absolute atomic E-state index is 13.6. The molecule has 0 spiro atoms. The van der Waals surface area contributed by atoms with Crippen LogP contribution in [0.2, 0.25) is 0 Å². The zero-order valence-corrected chi connectivity index (χ0v) is 35.5. The summed E-state index contributed by atoms with van der Waals surface area (Å²) in [5, 5.41) is 19.2. The van der Waals surface area contributed by atoms with Crippen molar-refractivity contribution in [2.45, 2.75) is 84.5 Å². The molecule has 5 N–H and O–H groups in total. The standard InChI is InChI=1S/C44H50N8O5S2/c1-23(2)37(46-25(5)54)43(56)52-17-7-9-35(52)42-47-31-15-14-28(18-32(31)48-42)30-22-59-39-29(21-58-40(30)39)26-10-12-27(13-11-26)33-19-45-41(49-33)34-8-6-16-51(34)44(57)38(24(3)4)50-36(55)20-53/h10-15,18-19,21-24,34-35,37-38,53H,6-9,16-17,20H2,1-5H3,(H,45,49)(H,46,54)(H,47,48)(H,50,55)/t34?,35?,37-,38-/m0/s1. The van der Waals surface area contributed by atoms with Crippen LogP contribution in [0, 0.1) is 11.8 Å². The fraction of sp³-hybridized carbons (Fsp3) is 0.409. The third-order valence-corrected chi connectivity index (χ3v) is 13.7. The first kappa shape index (κ1) is 40.4. The first-order chi connectivity index (χ1) is 28.4. The number of fused-ring (bicyclic) bond motifs is 2. The summed E-state index contributed by atoms with van der Waals surface area (Å²) in [7, 11) is 0. The molecule has 59 heavy (non-hydrogen) atoms. The van der Waals surface area contributed by atoms with Crippen molar-refractivity contribution >= 4 is 66.7 Å². The van der Waals surface area contributed by atoms with Crippen molar-refractivity contribution in [2.75, 3.05) is 19.7 Å². The maximum Gasteiger partial charge on any atom is 0.246 e. The lowest BCUT2D eigenvalue weighted by Crippen LogP contribution is -2.51. The number of aromatic amines is 2. The molecule has 4 amide bonds. The van der Waals surface area contributed by atoms with Gasteiger partial charge in [0.2, 0.25) is 23.6 Å². The van der Waals surface area contributed by atoms with E-state index in [-0.39, 0.29) is 41.6 Å². The van der Waals surface area contributed by atoms with Crippen molar-refractivity contribution in [1.82, 2.24) is 40.4 Å². The Labute approximate surface area is 350 Å². The van der Waals surface area contributed by atoms with E-state index in [0.29, 0.717) is 13.1 Å². The Bertz CT molecular complexity index is 2520. The lowest BCUT2D eigenvalue weighted by molar-refractivity contribution is -0.139. The number of nitrogens with one attached hydrogen (secondary N) is 4. The number of rotatable bonds is 12. The minimum atomic E-state index is -0.719. The van der Waals surface area contributed by atoms with Gasteiger partial charge in [0.25, 0.3) is 0 Å². The number of aromatic nitrogens is 4. The summed E-state index contributed by atoms with van der Waals surface area (Å²) in [4.78, 5) is 71.4. The first-order valence-electron chi connectivity index (χ1n) is 20.3. The molecule has 15 heteroatoms. The Hall–Kier alpha value is -5.38. The van der Waals surface area contributed by atoms with E-state index in [1.807, 2.05) is 38.8 Å². The van der Waals surface area contributed by atoms with Crippen LogP contribution in [0.4, 0.5) is 0 Å². The van der Waals surface area contributed by atoms with Gasteiger partial charge < -0.3 is 35.5 Å². The second-order valence-electron chi connectivity index (χ2n) is 16.3. The molecule has 2 aliphatic rings. The first-order valence-corrected chi connectivity index (χ1v) is 22.1. The Morgan fingerprint density at radius 1 is 0.780 bits per heavy atom. The number of nitrogens with zero attached hydrogens (tertiary/aromatic N) is 4. The van der Waals surface area contributed by atoms with Crippen LogP contribution in [0.3, 0.4) is 0 Å². The second-order valence-corrected chi connectivity index (χ2v) is 18.1. The number of hydrogen-bond acceptors (Lipinski definition) is 9. The number of aliphatic hydroxyl groups excluding tert-OH is 1. The third kappa shape index (κ3) is 7.90. The second kappa shape index (κ2) is 16.7. The lowest BCUT2D eigenvalue weighted by atomic mass is 10.0. The van der Waals surface area contributed by atoms with Crippen molar-refractivity contribution in [3.05, 3.63) is 71.1 Å². The summed E-state index contributed by atoms with van der Waals surface area (Å²) >= 11 is 3.47. The molecule has 4 aromatic heterocycles. The number of amides is 4. The van der Waals surface area contributed by atoms with Gasteiger partial charge in [0.15, 0.2) is 0 Å². The molecule has 2 unspecified atom stereocenters. The third-order valence-electron chi connectivity index (χ3n) is 11.6. The minimum absolute atomic E-state index is 0.0304. The summed E-state index contributed by atoms with van der Waals surface area (Å²) in [6.45, 7) is 9.66. The molecule has 0 aliphatic carbocycles. The fourth-order valence-electron chi connectivity index (χ4n) is 8.50. The highest BCUT2D eigenvalue weighted by Crippen LogP contribution is 2.45. The monoisotopic (exact) mass is 834 g/mol. The van der Waals surface area contributed by atoms with Crippen molar-refractivity contribution in [3.63, 3.8) is 0 Å². The van der Waals surface area contributed by atoms with E-state index in [0.717, 1.165) is 76.3 Å². The smallest absolute Gasteiger partial charge is 0.246 e. The highest BCUT2D eigenvalue weighted by atomic mass is 32.1. The summed E-state index contributed by atoms with van der Waals surface area (Å²) in [6.07, 6.45) is 5.11. The number of hydrogen-bond donors (Lipinski definition) is 5. The van der Waals surface area contributed by atoms with Crippen LogP contribution in [-0.2, 0) is 19.2 Å². The summed E-state index contributed by atoms with van der Waals surface area (Å²) in [5.41, 5.74) is 8.17. The zero-order chi connectivity index (χ0) is 41.5. The van der Waals surface area contributed by atoms with Gasteiger partial charge in [-0.05, 0) is 66.3 Å². The maximum atomic E-state index is 13.6. The van der Waals surface area contributed by atoms with Gasteiger partial charge in [-0.1, -0.05) is 58.0 Å². The Morgan fingerprint density at radius 2 is 1.34 bits per heavy atom. The average molecular weight is 835 g/mol. The Balaban J connectivity index is 0.980. The van der Waals surface area contributed by atoms with Gasteiger partial charge >= 0.3 is 0 Å². The quantitative estimate of drug-likeness (QED) is 0.0868. The van der Waals surface area contributed by atoms with Gasteiger partial charge in [-0.3, -0.25) is 19.2 Å². The Morgan fingerprint density at radius 3 is 1.93 bits per heavy atom. The largest absolute Gasteiger partial charge is 0.387 e. The number of H-pyrrole nitrogens is 2. The van der Waals surface area contributed by atoms with Crippen LogP contribution in [0.15, 0.2) is 59.4 Å². The summed E-state index contributed by atoms with van der Waals surface area (Å²) in [5.74, 6) is 0.323. The van der Waals surface area contributed by atoms with Crippen LogP contribution in [0.5, 0.6) is 0 Å². The van der Waals surface area contributed by atoms with Gasteiger partial charge in [-0.2, -0.15) is 0 Å². The predicted octanol–water partition coefficient (Wildman–Crippen LogP) is 7.18. The molecule has 2 saturated heterocycles. The summed E-state index contributed by atoms with van der Waals surface area (Å²) in [6, 6.07) is 13.1. The van der Waals surface area contributed by atoms with Gasteiger partial charge in [-0.15, -0.1) is 22.7 Å². The highest BCUT2D eigenvalue weighted by Gasteiger charge is 2.38. The fourth-order valence-corrected chi connectivity index (χ4v) is 11.0. The molecule has 0 radical (unpaired) electrons. The van der Waals surface area contributed by atoms with Crippen LogP contribution in [0.25, 0.3) is 53.9 Å². The molecule has 2 fully saturated rings. The minimum Gasteiger partial charge on any atom is -0.387 e. The van der Waals surface area contributed by atoms with Crippen molar-refractivity contribution in [3.8, 4) is 33.5 Å². The van der Waals surface area contributed by atoms with E-state index in [1.54, 1.807) is 27.6 Å². The molecular weight excluding hydrogens is 785 g/mol. The number of carbonyl (C=O) groups is 4. The Kier molecular flexibility index (Phi) is 11.4. The average Bonchev–Trinajstić information content (AvgIpc) is 4.07. The van der Waals surface area contributed by atoms with E-state index in [9.17, 15) is 24.3 Å². The van der Waals surface area contributed by atoms with Crippen LogP contribution >= 0.6 is 22.7 Å².